The summed E-state index contributed by atoms with van der Waals surface area (Å²) in [4.78, 5) is 24.3. The van der Waals surface area contributed by atoms with Gasteiger partial charge in [-0.15, -0.1) is 11.3 Å². The lowest BCUT2D eigenvalue weighted by Crippen LogP contribution is -2.55. The number of unbranched alkanes of at least 4 members (excludes halogenated alkanes) is 2. The van der Waals surface area contributed by atoms with E-state index in [2.05, 4.69) is 16.8 Å². The summed E-state index contributed by atoms with van der Waals surface area (Å²) in [5, 5.41) is 13.7. The Balaban J connectivity index is 2.22. The van der Waals surface area contributed by atoms with Gasteiger partial charge >= 0.3 is 5.97 Å². The first-order chi connectivity index (χ1) is 9.98. The van der Waals surface area contributed by atoms with Crippen LogP contribution in [0.4, 0.5) is 0 Å². The minimum Gasteiger partial charge on any atom is -0.479 e. The van der Waals surface area contributed by atoms with E-state index in [1.54, 1.807) is 11.3 Å². The molecule has 0 aliphatic rings. The summed E-state index contributed by atoms with van der Waals surface area (Å²) in [6.07, 6.45) is 4.15. The summed E-state index contributed by atoms with van der Waals surface area (Å²) in [5.41, 5.74) is -1.36. The number of ether oxygens (including phenoxy) is 1. The summed E-state index contributed by atoms with van der Waals surface area (Å²) in [6, 6.07) is 4.15. The Morgan fingerprint density at radius 3 is 2.71 bits per heavy atom. The van der Waals surface area contributed by atoms with Crippen LogP contribution in [0.5, 0.6) is 0 Å². The average Bonchev–Trinajstić information content (AvgIpc) is 2.91. The number of aliphatic carboxylic acids is 1. The Labute approximate surface area is 129 Å². The van der Waals surface area contributed by atoms with Gasteiger partial charge in [0.1, 0.15) is 0 Å². The molecule has 1 unspecified atom stereocenters. The maximum atomic E-state index is 11.8. The predicted octanol–water partition coefficient (Wildman–Crippen LogP) is 2.46. The van der Waals surface area contributed by atoms with Crippen LogP contribution in [0.3, 0.4) is 0 Å². The molecule has 0 fully saturated rings. The van der Waals surface area contributed by atoms with E-state index in [0.29, 0.717) is 6.42 Å². The van der Waals surface area contributed by atoms with E-state index in [1.807, 2.05) is 6.07 Å². The molecule has 0 bridgehead atoms. The molecule has 118 valence electrons. The molecule has 1 aromatic heterocycles. The topological polar surface area (TPSA) is 75.6 Å². The van der Waals surface area contributed by atoms with Crippen LogP contribution in [-0.2, 0) is 20.7 Å². The maximum Gasteiger partial charge on any atom is 0.331 e. The van der Waals surface area contributed by atoms with Crippen LogP contribution < -0.4 is 5.32 Å². The van der Waals surface area contributed by atoms with Crippen LogP contribution in [0.2, 0.25) is 0 Å². The third-order valence-corrected chi connectivity index (χ3v) is 4.16. The Bertz CT molecular complexity index is 447. The molecule has 0 aliphatic carbocycles. The fourth-order valence-electron chi connectivity index (χ4n) is 2.03. The minimum atomic E-state index is -1.36. The fourth-order valence-corrected chi connectivity index (χ4v) is 2.78. The average molecular weight is 313 g/mol. The Morgan fingerprint density at radius 1 is 1.38 bits per heavy atom. The van der Waals surface area contributed by atoms with Crippen molar-refractivity contribution in [1.29, 1.82) is 0 Å². The molecule has 1 amide bonds. The molecule has 0 saturated carbocycles. The van der Waals surface area contributed by atoms with E-state index in [9.17, 15) is 9.59 Å². The molecular weight excluding hydrogens is 290 g/mol. The normalized spacial score (nSPS) is 13.6. The van der Waals surface area contributed by atoms with Crippen LogP contribution in [0, 0.1) is 0 Å². The highest BCUT2D eigenvalue weighted by Crippen LogP contribution is 2.13. The predicted molar refractivity (Wildman–Crippen MR) is 82.6 cm³/mol. The van der Waals surface area contributed by atoms with E-state index in [4.69, 9.17) is 9.84 Å². The van der Waals surface area contributed by atoms with Crippen molar-refractivity contribution in [3.63, 3.8) is 0 Å². The van der Waals surface area contributed by atoms with Crippen molar-refractivity contribution in [2.75, 3.05) is 13.7 Å². The Morgan fingerprint density at radius 2 is 2.14 bits per heavy atom. The van der Waals surface area contributed by atoms with Gasteiger partial charge in [0.2, 0.25) is 5.91 Å². The number of hydrogen-bond donors (Lipinski definition) is 2. The van der Waals surface area contributed by atoms with E-state index in [-0.39, 0.29) is 12.5 Å². The second-order valence-corrected chi connectivity index (χ2v) is 6.29. The number of carboxylic acid groups (broad SMARTS) is 1. The van der Waals surface area contributed by atoms with E-state index >= 15 is 0 Å². The second-order valence-electron chi connectivity index (χ2n) is 5.26. The van der Waals surface area contributed by atoms with E-state index in [1.165, 1.54) is 18.9 Å². The van der Waals surface area contributed by atoms with Gasteiger partial charge in [-0.25, -0.2) is 4.79 Å². The zero-order valence-electron chi connectivity index (χ0n) is 12.6. The molecule has 0 saturated heterocycles. The van der Waals surface area contributed by atoms with Gasteiger partial charge in [-0.3, -0.25) is 4.79 Å². The summed E-state index contributed by atoms with van der Waals surface area (Å²) in [6.45, 7) is 1.40. The van der Waals surface area contributed by atoms with E-state index in [0.717, 1.165) is 25.7 Å². The lowest BCUT2D eigenvalue weighted by molar-refractivity contribution is -0.149. The first-order valence-corrected chi connectivity index (χ1v) is 7.91. The van der Waals surface area contributed by atoms with Gasteiger partial charge in [0.15, 0.2) is 5.54 Å². The number of carboxylic acids is 1. The van der Waals surface area contributed by atoms with Crippen molar-refractivity contribution < 1.29 is 19.4 Å². The monoisotopic (exact) mass is 313 g/mol. The van der Waals surface area contributed by atoms with Gasteiger partial charge in [-0.1, -0.05) is 12.5 Å². The molecule has 0 spiro atoms. The molecule has 6 heteroatoms. The van der Waals surface area contributed by atoms with Crippen LogP contribution in [0.25, 0.3) is 0 Å². The number of hydrogen-bond acceptors (Lipinski definition) is 4. The number of carbonyl (C=O) groups is 2. The molecular formula is C15H23NO4S. The fraction of sp³-hybridized carbons (Fsp3) is 0.600. The molecule has 1 atom stereocenters. The minimum absolute atomic E-state index is 0.0492. The third kappa shape index (κ3) is 6.27. The van der Waals surface area contributed by atoms with Gasteiger partial charge < -0.3 is 15.2 Å². The number of amides is 1. The van der Waals surface area contributed by atoms with Crippen molar-refractivity contribution in [2.45, 2.75) is 44.6 Å². The summed E-state index contributed by atoms with van der Waals surface area (Å²) >= 11 is 1.75. The zero-order valence-corrected chi connectivity index (χ0v) is 13.4. The number of rotatable bonds is 10. The van der Waals surface area contributed by atoms with Crippen molar-refractivity contribution in [3.8, 4) is 0 Å². The molecule has 1 heterocycles. The highest BCUT2D eigenvalue weighted by molar-refractivity contribution is 7.09. The lowest BCUT2D eigenvalue weighted by atomic mass is 10.0. The molecule has 5 nitrogen and oxygen atoms in total. The molecule has 1 rings (SSSR count). The van der Waals surface area contributed by atoms with Gasteiger partial charge in [-0.05, 0) is 37.6 Å². The van der Waals surface area contributed by atoms with Gasteiger partial charge in [-0.2, -0.15) is 0 Å². The standard InChI is InChI=1S/C15H23NO4S/c1-15(11-20-2,14(18)19)16-13(17)9-5-3-4-7-12-8-6-10-21-12/h6,8,10H,3-5,7,9,11H2,1-2H3,(H,16,17)(H,18,19). The molecule has 21 heavy (non-hydrogen) atoms. The summed E-state index contributed by atoms with van der Waals surface area (Å²) in [7, 11) is 1.41. The number of nitrogens with one attached hydrogen (secondary N) is 1. The molecule has 0 aromatic carbocycles. The van der Waals surface area contributed by atoms with Crippen molar-refractivity contribution in [2.24, 2.45) is 0 Å². The van der Waals surface area contributed by atoms with Gasteiger partial charge in [0, 0.05) is 18.4 Å². The molecule has 0 radical (unpaired) electrons. The first kappa shape index (κ1) is 17.7. The number of thiophene rings is 1. The van der Waals surface area contributed by atoms with Gasteiger partial charge in [0.25, 0.3) is 0 Å². The lowest BCUT2D eigenvalue weighted by Gasteiger charge is -2.25. The smallest absolute Gasteiger partial charge is 0.331 e. The van der Waals surface area contributed by atoms with Crippen LogP contribution >= 0.6 is 11.3 Å². The number of aryl methyl sites for hydroxylation is 1. The van der Waals surface area contributed by atoms with Crippen LogP contribution in [0.15, 0.2) is 17.5 Å². The number of carbonyl (C=O) groups excluding carboxylic acids is 1. The summed E-state index contributed by atoms with van der Waals surface area (Å²) < 4.78 is 4.86. The molecule has 0 aliphatic heterocycles. The highest BCUT2D eigenvalue weighted by Gasteiger charge is 2.34. The molecule has 2 N–H and O–H groups in total. The van der Waals surface area contributed by atoms with Crippen molar-refractivity contribution in [3.05, 3.63) is 22.4 Å². The Hall–Kier alpha value is -1.40. The quantitative estimate of drug-likeness (QED) is 0.651. The maximum absolute atomic E-state index is 11.8. The molecule has 1 aromatic rings. The number of methoxy groups -OCH3 is 1. The van der Waals surface area contributed by atoms with Crippen molar-refractivity contribution >= 4 is 23.2 Å². The van der Waals surface area contributed by atoms with E-state index < -0.39 is 11.5 Å². The van der Waals surface area contributed by atoms with Crippen molar-refractivity contribution in [1.82, 2.24) is 5.32 Å². The van der Waals surface area contributed by atoms with Gasteiger partial charge in [0.05, 0.1) is 6.61 Å². The van der Waals surface area contributed by atoms with Crippen LogP contribution in [-0.4, -0.2) is 36.2 Å². The highest BCUT2D eigenvalue weighted by atomic mass is 32.1. The Kier molecular flexibility index (Phi) is 7.39. The summed E-state index contributed by atoms with van der Waals surface area (Å²) in [5.74, 6) is -1.33. The third-order valence-electron chi connectivity index (χ3n) is 3.23. The SMILES string of the molecule is COCC(C)(NC(=O)CCCCCc1cccs1)C(=O)O. The zero-order chi connectivity index (χ0) is 15.7. The largest absolute Gasteiger partial charge is 0.479 e. The van der Waals surface area contributed by atoms with Crippen LogP contribution in [0.1, 0.15) is 37.5 Å². The second kappa shape index (κ2) is 8.79. The first-order valence-electron chi connectivity index (χ1n) is 7.03.